The quantitative estimate of drug-likeness (QED) is 0.745. The van der Waals surface area contributed by atoms with Gasteiger partial charge in [-0.05, 0) is 36.5 Å². The third-order valence-corrected chi connectivity index (χ3v) is 4.73. The maximum absolute atomic E-state index is 12.5. The average molecular weight is 320 g/mol. The summed E-state index contributed by atoms with van der Waals surface area (Å²) in [5, 5.41) is 5.40. The van der Waals surface area contributed by atoms with Crippen LogP contribution in [0.15, 0.2) is 48.8 Å². The van der Waals surface area contributed by atoms with Crippen molar-refractivity contribution in [1.82, 2.24) is 19.7 Å². The molecule has 1 amide bonds. The number of hydrogen-bond donors (Lipinski definition) is 0. The van der Waals surface area contributed by atoms with E-state index in [1.165, 1.54) is 10.9 Å². The molecule has 0 radical (unpaired) electrons. The molecule has 0 N–H and O–H groups in total. The maximum atomic E-state index is 12.5. The van der Waals surface area contributed by atoms with E-state index in [1.54, 1.807) is 10.7 Å². The van der Waals surface area contributed by atoms with Crippen molar-refractivity contribution >= 4 is 16.8 Å². The first-order valence-corrected chi connectivity index (χ1v) is 8.32. The van der Waals surface area contributed by atoms with Gasteiger partial charge in [-0.1, -0.05) is 24.3 Å². The first-order valence-electron chi connectivity index (χ1n) is 8.32. The van der Waals surface area contributed by atoms with E-state index >= 15 is 0 Å². The van der Waals surface area contributed by atoms with Crippen LogP contribution >= 0.6 is 0 Å². The maximum Gasteiger partial charge on any atom is 0.274 e. The molecule has 0 aliphatic carbocycles. The van der Waals surface area contributed by atoms with Crippen LogP contribution in [0.25, 0.3) is 10.9 Å². The summed E-state index contributed by atoms with van der Waals surface area (Å²) < 4.78 is 1.67. The molecule has 0 bridgehead atoms. The zero-order valence-corrected chi connectivity index (χ0v) is 13.7. The van der Waals surface area contributed by atoms with E-state index in [2.05, 4.69) is 34.3 Å². The number of pyridine rings is 1. The summed E-state index contributed by atoms with van der Waals surface area (Å²) in [6.07, 6.45) is 5.64. The molecule has 1 saturated heterocycles. The molecule has 3 heterocycles. The SMILES string of the molecule is Cn1ccc(C(=O)N2CC[C@H](Cc3cccc4cccnc34)C2)n1. The molecule has 1 aromatic carbocycles. The number of nitrogens with zero attached hydrogens (tertiary/aromatic N) is 4. The molecule has 4 rings (SSSR count). The predicted molar refractivity (Wildman–Crippen MR) is 92.7 cm³/mol. The third kappa shape index (κ3) is 2.77. The second kappa shape index (κ2) is 6.07. The molecule has 1 atom stereocenters. The van der Waals surface area contributed by atoms with Crippen LogP contribution in [0.2, 0.25) is 0 Å². The fraction of sp³-hybridized carbons (Fsp3) is 0.316. The van der Waals surface area contributed by atoms with Crippen molar-refractivity contribution in [3.05, 3.63) is 60.0 Å². The molecule has 122 valence electrons. The summed E-state index contributed by atoms with van der Waals surface area (Å²) in [6, 6.07) is 12.2. The number of aryl methyl sites for hydroxylation is 1. The number of benzene rings is 1. The summed E-state index contributed by atoms with van der Waals surface area (Å²) in [5.74, 6) is 0.513. The number of carbonyl (C=O) groups is 1. The number of aromatic nitrogens is 3. The Hall–Kier alpha value is -2.69. The minimum absolute atomic E-state index is 0.0362. The molecule has 5 nitrogen and oxygen atoms in total. The first-order chi connectivity index (χ1) is 11.7. The van der Waals surface area contributed by atoms with Crippen LogP contribution in [0.5, 0.6) is 0 Å². The van der Waals surface area contributed by atoms with Crippen molar-refractivity contribution in [2.45, 2.75) is 12.8 Å². The van der Waals surface area contributed by atoms with E-state index in [4.69, 9.17) is 0 Å². The lowest BCUT2D eigenvalue weighted by molar-refractivity contribution is 0.0780. The summed E-state index contributed by atoms with van der Waals surface area (Å²) >= 11 is 0. The zero-order valence-electron chi connectivity index (χ0n) is 13.7. The van der Waals surface area contributed by atoms with Crippen LogP contribution in [0.3, 0.4) is 0 Å². The number of rotatable bonds is 3. The van der Waals surface area contributed by atoms with Gasteiger partial charge in [0, 0.05) is 37.9 Å². The van der Waals surface area contributed by atoms with Gasteiger partial charge in [-0.3, -0.25) is 14.5 Å². The van der Waals surface area contributed by atoms with Crippen molar-refractivity contribution < 1.29 is 4.79 Å². The molecule has 1 aliphatic heterocycles. The fourth-order valence-corrected chi connectivity index (χ4v) is 3.52. The monoisotopic (exact) mass is 320 g/mol. The van der Waals surface area contributed by atoms with E-state index in [0.29, 0.717) is 11.6 Å². The molecule has 2 aromatic heterocycles. The summed E-state index contributed by atoms with van der Waals surface area (Å²) in [4.78, 5) is 19.0. The Morgan fingerprint density at radius 1 is 1.25 bits per heavy atom. The molecule has 1 fully saturated rings. The Labute approximate surface area is 140 Å². The van der Waals surface area contributed by atoms with E-state index in [9.17, 15) is 4.79 Å². The average Bonchev–Trinajstić information content (AvgIpc) is 3.24. The van der Waals surface area contributed by atoms with Crippen LogP contribution in [0, 0.1) is 5.92 Å². The smallest absolute Gasteiger partial charge is 0.274 e. The van der Waals surface area contributed by atoms with Crippen LogP contribution in [-0.2, 0) is 13.5 Å². The van der Waals surface area contributed by atoms with Gasteiger partial charge < -0.3 is 4.90 Å². The van der Waals surface area contributed by atoms with Crippen LogP contribution in [0.1, 0.15) is 22.5 Å². The standard InChI is InChI=1S/C19H20N4O/c1-22-10-8-17(21-22)19(24)23-11-7-14(13-23)12-16-5-2-4-15-6-3-9-20-18(15)16/h2-6,8-10,14H,7,11-13H2,1H3/t14-/m1/s1. The number of carbonyl (C=O) groups excluding carboxylic acids is 1. The fourth-order valence-electron chi connectivity index (χ4n) is 3.52. The van der Waals surface area contributed by atoms with Gasteiger partial charge in [-0.2, -0.15) is 5.10 Å². The molecule has 24 heavy (non-hydrogen) atoms. The number of likely N-dealkylation sites (tertiary alicyclic amines) is 1. The first kappa shape index (κ1) is 14.9. The summed E-state index contributed by atoms with van der Waals surface area (Å²) in [6.45, 7) is 1.59. The Balaban J connectivity index is 1.48. The van der Waals surface area contributed by atoms with Crippen molar-refractivity contribution in [3.8, 4) is 0 Å². The Bertz CT molecular complexity index is 880. The lowest BCUT2D eigenvalue weighted by atomic mass is 9.97. The molecule has 0 unspecified atom stereocenters. The van der Waals surface area contributed by atoms with Crippen molar-refractivity contribution in [2.75, 3.05) is 13.1 Å². The molecule has 3 aromatic rings. The normalized spacial score (nSPS) is 17.5. The largest absolute Gasteiger partial charge is 0.337 e. The van der Waals surface area contributed by atoms with E-state index in [0.717, 1.165) is 31.4 Å². The third-order valence-electron chi connectivity index (χ3n) is 4.73. The molecule has 5 heteroatoms. The lowest BCUT2D eigenvalue weighted by Gasteiger charge is -2.15. The summed E-state index contributed by atoms with van der Waals surface area (Å²) in [5.41, 5.74) is 2.88. The van der Waals surface area contributed by atoms with Crippen LogP contribution in [0.4, 0.5) is 0 Å². The van der Waals surface area contributed by atoms with Gasteiger partial charge in [0.05, 0.1) is 5.52 Å². The van der Waals surface area contributed by atoms with E-state index < -0.39 is 0 Å². The van der Waals surface area contributed by atoms with Crippen LogP contribution < -0.4 is 0 Å². The minimum atomic E-state index is 0.0362. The second-order valence-electron chi connectivity index (χ2n) is 6.48. The molecule has 1 aliphatic rings. The van der Waals surface area contributed by atoms with Gasteiger partial charge in [0.2, 0.25) is 0 Å². The van der Waals surface area contributed by atoms with Gasteiger partial charge in [0.25, 0.3) is 5.91 Å². The van der Waals surface area contributed by atoms with Crippen molar-refractivity contribution in [1.29, 1.82) is 0 Å². The highest BCUT2D eigenvalue weighted by Gasteiger charge is 2.28. The Kier molecular flexibility index (Phi) is 3.76. The highest BCUT2D eigenvalue weighted by molar-refractivity contribution is 5.92. The highest BCUT2D eigenvalue weighted by Crippen LogP contribution is 2.25. The van der Waals surface area contributed by atoms with Crippen molar-refractivity contribution in [3.63, 3.8) is 0 Å². The number of para-hydroxylation sites is 1. The van der Waals surface area contributed by atoms with Gasteiger partial charge >= 0.3 is 0 Å². The predicted octanol–water partition coefficient (Wildman–Crippen LogP) is 2.67. The zero-order chi connectivity index (χ0) is 16.5. The molecular formula is C19H20N4O. The molecular weight excluding hydrogens is 300 g/mol. The van der Waals surface area contributed by atoms with Crippen molar-refractivity contribution in [2.24, 2.45) is 13.0 Å². The number of hydrogen-bond acceptors (Lipinski definition) is 3. The van der Waals surface area contributed by atoms with Gasteiger partial charge in [-0.25, -0.2) is 0 Å². The Morgan fingerprint density at radius 3 is 2.96 bits per heavy atom. The van der Waals surface area contributed by atoms with Crippen LogP contribution in [-0.4, -0.2) is 38.7 Å². The van der Waals surface area contributed by atoms with E-state index in [1.807, 2.05) is 30.4 Å². The van der Waals surface area contributed by atoms with Gasteiger partial charge in [-0.15, -0.1) is 0 Å². The lowest BCUT2D eigenvalue weighted by Crippen LogP contribution is -2.29. The van der Waals surface area contributed by atoms with Gasteiger partial charge in [0.15, 0.2) is 0 Å². The Morgan fingerprint density at radius 2 is 2.12 bits per heavy atom. The summed E-state index contributed by atoms with van der Waals surface area (Å²) in [7, 11) is 1.83. The number of amides is 1. The van der Waals surface area contributed by atoms with Gasteiger partial charge in [0.1, 0.15) is 5.69 Å². The number of fused-ring (bicyclic) bond motifs is 1. The van der Waals surface area contributed by atoms with E-state index in [-0.39, 0.29) is 5.91 Å². The minimum Gasteiger partial charge on any atom is -0.337 e. The molecule has 0 saturated carbocycles. The topological polar surface area (TPSA) is 51.0 Å². The highest BCUT2D eigenvalue weighted by atomic mass is 16.2. The molecule has 0 spiro atoms. The second-order valence-corrected chi connectivity index (χ2v) is 6.48.